The van der Waals surface area contributed by atoms with E-state index in [2.05, 4.69) is 21.2 Å². The van der Waals surface area contributed by atoms with Crippen molar-refractivity contribution in [3.05, 3.63) is 40.4 Å². The van der Waals surface area contributed by atoms with Crippen LogP contribution in [0.4, 0.5) is 0 Å². The van der Waals surface area contributed by atoms with E-state index in [0.717, 1.165) is 17.4 Å². The van der Waals surface area contributed by atoms with Gasteiger partial charge >= 0.3 is 5.97 Å². The number of ether oxygens (including phenoxy) is 1. The van der Waals surface area contributed by atoms with Crippen molar-refractivity contribution >= 4 is 21.9 Å². The summed E-state index contributed by atoms with van der Waals surface area (Å²) in [6.07, 6.45) is 2.80. The summed E-state index contributed by atoms with van der Waals surface area (Å²) in [6, 6.07) is 7.32. The van der Waals surface area contributed by atoms with Crippen molar-refractivity contribution in [2.24, 2.45) is 0 Å². The zero-order valence-corrected chi connectivity index (χ0v) is 10.3. The van der Waals surface area contributed by atoms with Crippen LogP contribution in [0.15, 0.2) is 40.4 Å². The maximum atomic E-state index is 11.8. The lowest BCUT2D eigenvalue weighted by Gasteiger charge is -2.13. The molecule has 0 saturated carbocycles. The van der Waals surface area contributed by atoms with Crippen molar-refractivity contribution in [2.45, 2.75) is 6.42 Å². The molecule has 0 fully saturated rings. The molecule has 84 valence electrons. The van der Waals surface area contributed by atoms with E-state index in [9.17, 15) is 4.79 Å². The number of rotatable bonds is 2. The molecule has 0 aromatic heterocycles. The minimum absolute atomic E-state index is 0.279. The van der Waals surface area contributed by atoms with E-state index in [0.29, 0.717) is 17.9 Å². The van der Waals surface area contributed by atoms with E-state index in [1.165, 1.54) is 0 Å². The summed E-state index contributed by atoms with van der Waals surface area (Å²) in [7, 11) is 0. The van der Waals surface area contributed by atoms with Crippen LogP contribution >= 0.6 is 15.9 Å². The van der Waals surface area contributed by atoms with Crippen molar-refractivity contribution in [2.75, 3.05) is 13.1 Å². The Bertz CT molecular complexity index is 429. The first-order chi connectivity index (χ1) is 7.77. The summed E-state index contributed by atoms with van der Waals surface area (Å²) in [5.41, 5.74) is 0.696. The fourth-order valence-corrected chi connectivity index (χ4v) is 1.86. The standard InChI is InChI=1S/C12H12BrNO2/c13-10-5-1-2-6-11(10)16-12(15)9-4-3-7-14-8-9/h1-2,4-6,14H,3,7-8H2. The molecule has 1 aromatic rings. The minimum atomic E-state index is -0.279. The Morgan fingerprint density at radius 2 is 2.19 bits per heavy atom. The predicted octanol–water partition coefficient (Wildman–Crippen LogP) is 2.27. The summed E-state index contributed by atoms with van der Waals surface area (Å²) >= 11 is 3.34. The van der Waals surface area contributed by atoms with Gasteiger partial charge in [-0.25, -0.2) is 4.79 Å². The van der Waals surface area contributed by atoms with Crippen molar-refractivity contribution in [1.29, 1.82) is 0 Å². The quantitative estimate of drug-likeness (QED) is 0.668. The Hall–Kier alpha value is -1.13. The Balaban J connectivity index is 2.07. The van der Waals surface area contributed by atoms with Crippen molar-refractivity contribution in [1.82, 2.24) is 5.32 Å². The van der Waals surface area contributed by atoms with Gasteiger partial charge in [-0.1, -0.05) is 18.2 Å². The van der Waals surface area contributed by atoms with E-state index in [4.69, 9.17) is 4.74 Å². The van der Waals surface area contributed by atoms with Gasteiger partial charge in [-0.2, -0.15) is 0 Å². The smallest absolute Gasteiger partial charge is 0.340 e. The number of hydrogen-bond donors (Lipinski definition) is 1. The zero-order valence-electron chi connectivity index (χ0n) is 8.70. The first-order valence-corrected chi connectivity index (χ1v) is 5.93. The largest absolute Gasteiger partial charge is 0.422 e. The average molecular weight is 282 g/mol. The first kappa shape index (κ1) is 11.4. The van der Waals surface area contributed by atoms with Crippen LogP contribution in [0.5, 0.6) is 5.75 Å². The van der Waals surface area contributed by atoms with Gasteiger partial charge in [-0.3, -0.25) is 0 Å². The second kappa shape index (κ2) is 5.27. The first-order valence-electron chi connectivity index (χ1n) is 5.14. The molecule has 1 aliphatic rings. The lowest BCUT2D eigenvalue weighted by molar-refractivity contribution is -0.130. The maximum Gasteiger partial charge on any atom is 0.340 e. The molecule has 3 nitrogen and oxygen atoms in total. The number of carbonyl (C=O) groups excluding carboxylic acids is 1. The highest BCUT2D eigenvalue weighted by atomic mass is 79.9. The molecule has 1 N–H and O–H groups in total. The number of halogens is 1. The van der Waals surface area contributed by atoms with Gasteiger partial charge in [0.15, 0.2) is 0 Å². The van der Waals surface area contributed by atoms with Crippen LogP contribution in [0, 0.1) is 0 Å². The SMILES string of the molecule is O=C(Oc1ccccc1Br)C1=CCCNC1. The van der Waals surface area contributed by atoms with Crippen LogP contribution in [-0.4, -0.2) is 19.1 Å². The molecule has 0 atom stereocenters. The lowest BCUT2D eigenvalue weighted by atomic mass is 10.1. The second-order valence-corrected chi connectivity index (χ2v) is 4.37. The monoisotopic (exact) mass is 281 g/mol. The summed E-state index contributed by atoms with van der Waals surface area (Å²) in [6.45, 7) is 1.51. The molecule has 0 radical (unpaired) electrons. The third-order valence-corrected chi connectivity index (χ3v) is 2.98. The van der Waals surface area contributed by atoms with Crippen LogP contribution in [-0.2, 0) is 4.79 Å². The molecule has 0 unspecified atom stereocenters. The molecule has 0 spiro atoms. The van der Waals surface area contributed by atoms with Crippen molar-refractivity contribution in [3.63, 3.8) is 0 Å². The Labute approximate surface area is 103 Å². The second-order valence-electron chi connectivity index (χ2n) is 3.51. The molecule has 1 aromatic carbocycles. The number of carbonyl (C=O) groups is 1. The van der Waals surface area contributed by atoms with Crippen molar-refractivity contribution in [3.8, 4) is 5.75 Å². The molecule has 16 heavy (non-hydrogen) atoms. The highest BCUT2D eigenvalue weighted by Gasteiger charge is 2.14. The summed E-state index contributed by atoms with van der Waals surface area (Å²) in [5, 5.41) is 3.14. The van der Waals surface area contributed by atoms with E-state index < -0.39 is 0 Å². The zero-order chi connectivity index (χ0) is 11.4. The molecule has 0 aliphatic carbocycles. The fourth-order valence-electron chi connectivity index (χ4n) is 1.49. The van der Waals surface area contributed by atoms with Gasteiger partial charge in [0.1, 0.15) is 5.75 Å². The molecular weight excluding hydrogens is 270 g/mol. The van der Waals surface area contributed by atoms with Gasteiger partial charge in [0.05, 0.1) is 4.47 Å². The highest BCUT2D eigenvalue weighted by molar-refractivity contribution is 9.10. The molecular formula is C12H12BrNO2. The number of esters is 1. The Morgan fingerprint density at radius 3 is 2.88 bits per heavy atom. The summed E-state index contributed by atoms with van der Waals surface area (Å²) < 4.78 is 6.08. The molecule has 0 amide bonds. The summed E-state index contributed by atoms with van der Waals surface area (Å²) in [4.78, 5) is 11.8. The van der Waals surface area contributed by atoms with Gasteiger partial charge in [0, 0.05) is 12.1 Å². The van der Waals surface area contributed by atoms with Gasteiger partial charge < -0.3 is 10.1 Å². The van der Waals surface area contributed by atoms with E-state index in [-0.39, 0.29) is 5.97 Å². The molecule has 2 rings (SSSR count). The minimum Gasteiger partial charge on any atom is -0.422 e. The normalized spacial score (nSPS) is 15.4. The third-order valence-electron chi connectivity index (χ3n) is 2.33. The number of benzene rings is 1. The van der Waals surface area contributed by atoms with Crippen LogP contribution in [0.2, 0.25) is 0 Å². The maximum absolute atomic E-state index is 11.8. The van der Waals surface area contributed by atoms with Crippen LogP contribution in [0.1, 0.15) is 6.42 Å². The molecule has 0 bridgehead atoms. The Morgan fingerprint density at radius 1 is 1.38 bits per heavy atom. The topological polar surface area (TPSA) is 38.3 Å². The summed E-state index contributed by atoms with van der Waals surface area (Å²) in [5.74, 6) is 0.276. The van der Waals surface area contributed by atoms with Crippen LogP contribution in [0.3, 0.4) is 0 Å². The van der Waals surface area contributed by atoms with E-state index in [1.807, 2.05) is 24.3 Å². The van der Waals surface area contributed by atoms with Crippen LogP contribution < -0.4 is 10.1 Å². The Kier molecular flexibility index (Phi) is 3.74. The molecule has 4 heteroatoms. The van der Waals surface area contributed by atoms with Gasteiger partial charge in [-0.05, 0) is 41.0 Å². The molecule has 0 saturated heterocycles. The number of hydrogen-bond acceptors (Lipinski definition) is 3. The van der Waals surface area contributed by atoms with Gasteiger partial charge in [0.2, 0.25) is 0 Å². The van der Waals surface area contributed by atoms with Gasteiger partial charge in [0.25, 0.3) is 0 Å². The molecule has 1 heterocycles. The molecule has 1 aliphatic heterocycles. The number of para-hydroxylation sites is 1. The highest BCUT2D eigenvalue weighted by Crippen LogP contribution is 2.24. The predicted molar refractivity (Wildman–Crippen MR) is 65.3 cm³/mol. The average Bonchev–Trinajstić information content (AvgIpc) is 2.33. The fraction of sp³-hybridized carbons (Fsp3) is 0.250. The number of nitrogens with one attached hydrogen (secondary N) is 1. The van der Waals surface area contributed by atoms with Crippen molar-refractivity contribution < 1.29 is 9.53 Å². The van der Waals surface area contributed by atoms with E-state index >= 15 is 0 Å². The third kappa shape index (κ3) is 2.71. The van der Waals surface area contributed by atoms with Crippen LogP contribution in [0.25, 0.3) is 0 Å². The lowest BCUT2D eigenvalue weighted by Crippen LogP contribution is -2.28. The van der Waals surface area contributed by atoms with Gasteiger partial charge in [-0.15, -0.1) is 0 Å². The van der Waals surface area contributed by atoms with E-state index in [1.54, 1.807) is 6.07 Å².